The Morgan fingerprint density at radius 3 is 2.37 bits per heavy atom. The summed E-state index contributed by atoms with van der Waals surface area (Å²) in [7, 11) is 0. The first-order chi connectivity index (χ1) is 9.33. The first kappa shape index (κ1) is 13.6. The third kappa shape index (κ3) is 3.58. The van der Waals surface area contributed by atoms with Gasteiger partial charge in [0.2, 0.25) is 0 Å². The molecule has 2 nitrogen and oxygen atoms in total. The number of unbranched alkanes of at least 4 members (excludes halogenated alkanes) is 1. The van der Waals surface area contributed by atoms with Gasteiger partial charge in [-0.3, -0.25) is 0 Å². The van der Waals surface area contributed by atoms with E-state index in [-0.39, 0.29) is 11.9 Å². The molecule has 2 rings (SSSR count). The van der Waals surface area contributed by atoms with Crippen molar-refractivity contribution in [2.24, 2.45) is 0 Å². The van der Waals surface area contributed by atoms with Gasteiger partial charge in [0.1, 0.15) is 11.9 Å². The van der Waals surface area contributed by atoms with Gasteiger partial charge in [0.05, 0.1) is 0 Å². The molecule has 1 atom stereocenters. The second-order valence-corrected chi connectivity index (χ2v) is 4.57. The summed E-state index contributed by atoms with van der Waals surface area (Å²) >= 11 is 0. The summed E-state index contributed by atoms with van der Waals surface area (Å²) in [5.74, 6) is 0.285. The maximum Gasteiger partial charge on any atom is 0.121 e. The maximum atomic E-state index is 10.0. The molecule has 19 heavy (non-hydrogen) atoms. The lowest BCUT2D eigenvalue weighted by atomic mass is 10.0. The van der Waals surface area contributed by atoms with Crippen LogP contribution in [0.2, 0.25) is 0 Å². The average Bonchev–Trinajstić information content (AvgIpc) is 2.46. The third-order valence-corrected chi connectivity index (χ3v) is 3.10. The maximum absolute atomic E-state index is 10.0. The van der Waals surface area contributed by atoms with Crippen LogP contribution < -0.4 is 0 Å². The van der Waals surface area contributed by atoms with Crippen molar-refractivity contribution in [1.29, 1.82) is 0 Å². The molecular weight excluding hydrogens is 236 g/mol. The molecule has 0 radical (unpaired) electrons. The smallest absolute Gasteiger partial charge is 0.121 e. The molecule has 0 aliphatic heterocycles. The first-order valence-corrected chi connectivity index (χ1v) is 6.77. The fourth-order valence-electron chi connectivity index (χ4n) is 2.05. The number of para-hydroxylation sites is 1. The zero-order valence-electron chi connectivity index (χ0n) is 11.3. The van der Waals surface area contributed by atoms with E-state index in [1.54, 1.807) is 6.07 Å². The zero-order chi connectivity index (χ0) is 13.5. The minimum atomic E-state index is -0.200. The average molecular weight is 256 g/mol. The van der Waals surface area contributed by atoms with E-state index >= 15 is 0 Å². The molecule has 0 unspecified atom stereocenters. The molecule has 0 fully saturated rings. The van der Waals surface area contributed by atoms with Crippen LogP contribution in [0.4, 0.5) is 0 Å². The van der Waals surface area contributed by atoms with Crippen molar-refractivity contribution in [3.8, 4) is 5.75 Å². The first-order valence-electron chi connectivity index (χ1n) is 6.77. The molecule has 0 saturated heterocycles. The summed E-state index contributed by atoms with van der Waals surface area (Å²) in [4.78, 5) is 0. The van der Waals surface area contributed by atoms with Gasteiger partial charge >= 0.3 is 0 Å². The van der Waals surface area contributed by atoms with Gasteiger partial charge in [0, 0.05) is 12.2 Å². The second kappa shape index (κ2) is 6.95. The van der Waals surface area contributed by atoms with Crippen molar-refractivity contribution >= 4 is 0 Å². The highest BCUT2D eigenvalue weighted by atomic mass is 16.5. The third-order valence-electron chi connectivity index (χ3n) is 3.10. The van der Waals surface area contributed by atoms with Crippen molar-refractivity contribution in [3.05, 3.63) is 65.7 Å². The van der Waals surface area contributed by atoms with E-state index in [9.17, 15) is 5.11 Å². The molecule has 0 heterocycles. The van der Waals surface area contributed by atoms with Crippen LogP contribution in [0.5, 0.6) is 5.75 Å². The fraction of sp³-hybridized carbons (Fsp3) is 0.294. The molecule has 0 aliphatic carbocycles. The van der Waals surface area contributed by atoms with Crippen LogP contribution in [0.15, 0.2) is 54.6 Å². The van der Waals surface area contributed by atoms with Gasteiger partial charge in [-0.25, -0.2) is 0 Å². The highest BCUT2D eigenvalue weighted by Crippen LogP contribution is 2.32. The van der Waals surface area contributed by atoms with E-state index in [1.807, 2.05) is 48.5 Å². The van der Waals surface area contributed by atoms with Gasteiger partial charge in [-0.2, -0.15) is 0 Å². The predicted molar refractivity (Wildman–Crippen MR) is 77.3 cm³/mol. The fourth-order valence-corrected chi connectivity index (χ4v) is 2.05. The number of benzene rings is 2. The summed E-state index contributed by atoms with van der Waals surface area (Å²) in [6.45, 7) is 2.84. The van der Waals surface area contributed by atoms with E-state index in [4.69, 9.17) is 4.74 Å². The van der Waals surface area contributed by atoms with Crippen LogP contribution in [0.3, 0.4) is 0 Å². The minimum absolute atomic E-state index is 0.200. The van der Waals surface area contributed by atoms with Crippen LogP contribution in [-0.2, 0) is 4.74 Å². The SMILES string of the molecule is CCCCO[C@H](c1ccccc1)c1ccccc1O. The molecule has 0 aromatic heterocycles. The topological polar surface area (TPSA) is 29.5 Å². The number of aromatic hydroxyl groups is 1. The molecular formula is C17H20O2. The summed E-state index contributed by atoms with van der Waals surface area (Å²) in [5.41, 5.74) is 1.89. The Bertz CT molecular complexity index is 494. The van der Waals surface area contributed by atoms with Crippen LogP contribution >= 0.6 is 0 Å². The number of ether oxygens (including phenoxy) is 1. The van der Waals surface area contributed by atoms with Gasteiger partial charge in [-0.15, -0.1) is 0 Å². The lowest BCUT2D eigenvalue weighted by Gasteiger charge is -2.19. The molecule has 2 aromatic rings. The zero-order valence-corrected chi connectivity index (χ0v) is 11.3. The summed E-state index contributed by atoms with van der Waals surface area (Å²) in [6.07, 6.45) is 1.92. The van der Waals surface area contributed by atoms with Crippen LogP contribution in [0.1, 0.15) is 37.0 Å². The number of rotatable bonds is 6. The standard InChI is InChI=1S/C17H20O2/c1-2-3-13-19-17(14-9-5-4-6-10-14)15-11-7-8-12-16(15)18/h4-12,17-18H,2-3,13H2,1H3/t17-/m1/s1. The second-order valence-electron chi connectivity index (χ2n) is 4.57. The Balaban J connectivity index is 2.27. The number of hydrogen-bond donors (Lipinski definition) is 1. The van der Waals surface area contributed by atoms with Gasteiger partial charge in [-0.05, 0) is 18.1 Å². The Morgan fingerprint density at radius 2 is 1.68 bits per heavy atom. The molecule has 2 heteroatoms. The predicted octanol–water partition coefficient (Wildman–Crippen LogP) is 4.30. The van der Waals surface area contributed by atoms with Gasteiger partial charge in [-0.1, -0.05) is 61.9 Å². The molecule has 100 valence electrons. The van der Waals surface area contributed by atoms with Crippen molar-refractivity contribution in [2.75, 3.05) is 6.61 Å². The summed E-state index contributed by atoms with van der Waals surface area (Å²) in [5, 5.41) is 10.0. The van der Waals surface area contributed by atoms with E-state index in [0.29, 0.717) is 6.61 Å². The normalized spacial score (nSPS) is 12.3. The number of hydrogen-bond acceptors (Lipinski definition) is 2. The summed E-state index contributed by atoms with van der Waals surface area (Å²) < 4.78 is 5.98. The Kier molecular flexibility index (Phi) is 4.99. The van der Waals surface area contributed by atoms with Crippen LogP contribution in [0, 0.1) is 0 Å². The monoisotopic (exact) mass is 256 g/mol. The van der Waals surface area contributed by atoms with Gasteiger partial charge in [0.15, 0.2) is 0 Å². The molecule has 2 aromatic carbocycles. The van der Waals surface area contributed by atoms with Crippen molar-refractivity contribution in [2.45, 2.75) is 25.9 Å². The van der Waals surface area contributed by atoms with Crippen molar-refractivity contribution in [3.63, 3.8) is 0 Å². The minimum Gasteiger partial charge on any atom is -0.508 e. The van der Waals surface area contributed by atoms with Gasteiger partial charge in [0.25, 0.3) is 0 Å². The van der Waals surface area contributed by atoms with Crippen LogP contribution in [0.25, 0.3) is 0 Å². The highest BCUT2D eigenvalue weighted by Gasteiger charge is 2.17. The van der Waals surface area contributed by atoms with E-state index in [1.165, 1.54) is 0 Å². The lowest BCUT2D eigenvalue weighted by Crippen LogP contribution is -2.07. The van der Waals surface area contributed by atoms with E-state index < -0.39 is 0 Å². The molecule has 1 N–H and O–H groups in total. The molecule has 0 amide bonds. The Hall–Kier alpha value is -1.80. The summed E-state index contributed by atoms with van der Waals surface area (Å²) in [6, 6.07) is 17.4. The quantitative estimate of drug-likeness (QED) is 0.781. The highest BCUT2D eigenvalue weighted by molar-refractivity contribution is 5.39. The molecule has 0 aliphatic rings. The van der Waals surface area contributed by atoms with E-state index in [2.05, 4.69) is 6.92 Å². The lowest BCUT2D eigenvalue weighted by molar-refractivity contribution is 0.0762. The largest absolute Gasteiger partial charge is 0.508 e. The van der Waals surface area contributed by atoms with Gasteiger partial charge < -0.3 is 9.84 Å². The Labute approximate surface area is 114 Å². The number of phenols is 1. The molecule has 0 saturated carbocycles. The van der Waals surface area contributed by atoms with Crippen LogP contribution in [-0.4, -0.2) is 11.7 Å². The Morgan fingerprint density at radius 1 is 1.00 bits per heavy atom. The van der Waals surface area contributed by atoms with E-state index in [0.717, 1.165) is 24.0 Å². The molecule has 0 spiro atoms. The van der Waals surface area contributed by atoms with Crippen molar-refractivity contribution in [1.82, 2.24) is 0 Å². The number of phenolic OH excluding ortho intramolecular Hbond substituents is 1. The molecule has 0 bridgehead atoms. The van der Waals surface area contributed by atoms with Crippen molar-refractivity contribution < 1.29 is 9.84 Å².